The van der Waals surface area contributed by atoms with Crippen LogP contribution in [0, 0.1) is 0 Å². The molecule has 1 aliphatic carbocycles. The first kappa shape index (κ1) is 7.40. The molecule has 58 valence electrons. The van der Waals surface area contributed by atoms with E-state index in [1.165, 1.54) is 17.7 Å². The lowest BCUT2D eigenvalue weighted by Gasteiger charge is -2.23. The van der Waals surface area contributed by atoms with Crippen molar-refractivity contribution in [1.29, 1.82) is 0 Å². The third-order valence-corrected chi connectivity index (χ3v) is 3.06. The van der Waals surface area contributed by atoms with Gasteiger partial charge in [0.2, 0.25) is 0 Å². The maximum atomic E-state index is 3.39. The highest BCUT2D eigenvalue weighted by Gasteiger charge is 2.16. The lowest BCUT2D eigenvalue weighted by atomic mass is 10.00. The molecule has 0 bridgehead atoms. The minimum absolute atomic E-state index is 0.570. The molecule has 2 aliphatic rings. The fourth-order valence-corrected chi connectivity index (χ4v) is 2.25. The lowest BCUT2D eigenvalue weighted by Crippen LogP contribution is -2.24. The summed E-state index contributed by atoms with van der Waals surface area (Å²) >= 11 is 2.46. The summed E-state index contributed by atoms with van der Waals surface area (Å²) < 4.78 is 0.570. The van der Waals surface area contributed by atoms with Crippen molar-refractivity contribution in [2.75, 3.05) is 6.54 Å². The van der Waals surface area contributed by atoms with Gasteiger partial charge in [-0.25, -0.2) is 0 Å². The normalized spacial score (nSPS) is 28.3. The van der Waals surface area contributed by atoms with Gasteiger partial charge in [-0.3, -0.25) is 0 Å². The molecule has 0 aromatic carbocycles. The van der Waals surface area contributed by atoms with E-state index >= 15 is 0 Å². The molecule has 0 saturated heterocycles. The Morgan fingerprint density at radius 2 is 2.45 bits per heavy atom. The van der Waals surface area contributed by atoms with Gasteiger partial charge in [-0.2, -0.15) is 0 Å². The van der Waals surface area contributed by atoms with Gasteiger partial charge in [0.15, 0.2) is 0 Å². The van der Waals surface area contributed by atoms with E-state index in [2.05, 4.69) is 52.2 Å². The van der Waals surface area contributed by atoms with Gasteiger partial charge >= 0.3 is 0 Å². The molecule has 0 fully saturated rings. The van der Waals surface area contributed by atoms with E-state index in [-0.39, 0.29) is 0 Å². The first-order valence-electron chi connectivity index (χ1n) is 3.85. The van der Waals surface area contributed by atoms with Crippen molar-refractivity contribution < 1.29 is 0 Å². The number of hydrogen-bond donors (Lipinski definition) is 1. The number of nitrogens with one attached hydrogen (secondary N) is 1. The zero-order valence-corrected chi connectivity index (χ0v) is 8.34. The molecule has 0 saturated carbocycles. The van der Waals surface area contributed by atoms with Gasteiger partial charge in [-0.1, -0.05) is 40.8 Å². The topological polar surface area (TPSA) is 12.0 Å². The maximum absolute atomic E-state index is 3.39. The third-order valence-electron chi connectivity index (χ3n) is 1.98. The Morgan fingerprint density at radius 3 is 3.27 bits per heavy atom. The van der Waals surface area contributed by atoms with E-state index < -0.39 is 0 Å². The number of hydrogen-bond acceptors (Lipinski definition) is 1. The van der Waals surface area contributed by atoms with Crippen molar-refractivity contribution in [3.05, 3.63) is 35.6 Å². The summed E-state index contributed by atoms with van der Waals surface area (Å²) in [5, 5.41) is 3.39. The van der Waals surface area contributed by atoms with Crippen LogP contribution in [-0.2, 0) is 0 Å². The fraction of sp³-hybridized carbons (Fsp3) is 0.333. The van der Waals surface area contributed by atoms with Gasteiger partial charge in [0.1, 0.15) is 0 Å². The van der Waals surface area contributed by atoms with Crippen LogP contribution in [0.25, 0.3) is 0 Å². The highest BCUT2D eigenvalue weighted by Crippen LogP contribution is 2.26. The molecule has 0 aromatic rings. The molecule has 1 nitrogen and oxygen atoms in total. The summed E-state index contributed by atoms with van der Waals surface area (Å²) in [7, 11) is 0. The van der Waals surface area contributed by atoms with Crippen LogP contribution in [0.1, 0.15) is 6.42 Å². The molecule has 0 amide bonds. The van der Waals surface area contributed by atoms with Crippen LogP contribution in [0.15, 0.2) is 35.6 Å². The van der Waals surface area contributed by atoms with Crippen LogP contribution in [-0.4, -0.2) is 10.5 Å². The predicted octanol–water partition coefficient (Wildman–Crippen LogP) is 2.16. The van der Waals surface area contributed by atoms with Gasteiger partial charge in [-0.15, -0.1) is 0 Å². The molecule has 11 heavy (non-hydrogen) atoms. The molecule has 1 unspecified atom stereocenters. The Hall–Kier alpha value is -0.250. The number of alkyl halides is 1. The van der Waals surface area contributed by atoms with Gasteiger partial charge in [0.05, 0.1) is 3.92 Å². The quantitative estimate of drug-likeness (QED) is 0.519. The molecular formula is C9H10IN. The van der Waals surface area contributed by atoms with Crippen molar-refractivity contribution in [2.24, 2.45) is 0 Å². The van der Waals surface area contributed by atoms with Crippen molar-refractivity contribution in [3.63, 3.8) is 0 Å². The molecule has 2 heteroatoms. The highest BCUT2D eigenvalue weighted by molar-refractivity contribution is 14.1. The van der Waals surface area contributed by atoms with E-state index in [9.17, 15) is 0 Å². The Labute approximate surface area is 80.4 Å². The lowest BCUT2D eigenvalue weighted by molar-refractivity contribution is 0.768. The van der Waals surface area contributed by atoms with Crippen molar-refractivity contribution >= 4 is 22.6 Å². The van der Waals surface area contributed by atoms with E-state index in [4.69, 9.17) is 0 Å². The Kier molecular flexibility index (Phi) is 2.02. The van der Waals surface area contributed by atoms with E-state index in [0.717, 1.165) is 6.54 Å². The van der Waals surface area contributed by atoms with Gasteiger partial charge < -0.3 is 5.32 Å². The molecule has 0 aromatic heterocycles. The summed E-state index contributed by atoms with van der Waals surface area (Å²) in [4.78, 5) is 0. The number of rotatable bonds is 0. The third kappa shape index (κ3) is 1.36. The second-order valence-electron chi connectivity index (χ2n) is 2.74. The van der Waals surface area contributed by atoms with E-state index in [0.29, 0.717) is 3.92 Å². The summed E-state index contributed by atoms with van der Waals surface area (Å²) in [5.74, 6) is 0. The standard InChI is InChI=1S/C9H10IN/c10-8-4-1-5-9-7(8)3-2-6-11-9/h1,3-5,8,11H,2,6H2. The molecular weight excluding hydrogens is 249 g/mol. The van der Waals surface area contributed by atoms with E-state index in [1.807, 2.05) is 0 Å². The van der Waals surface area contributed by atoms with Crippen LogP contribution >= 0.6 is 22.6 Å². The number of halogens is 1. The monoisotopic (exact) mass is 259 g/mol. The van der Waals surface area contributed by atoms with Crippen molar-refractivity contribution in [2.45, 2.75) is 10.3 Å². The minimum Gasteiger partial charge on any atom is -0.384 e. The van der Waals surface area contributed by atoms with Crippen LogP contribution in [0.5, 0.6) is 0 Å². The molecule has 0 radical (unpaired) electrons. The van der Waals surface area contributed by atoms with Crippen LogP contribution in [0.3, 0.4) is 0 Å². The average Bonchev–Trinajstić information content (AvgIpc) is 2.06. The van der Waals surface area contributed by atoms with Crippen LogP contribution < -0.4 is 5.32 Å². The first-order valence-corrected chi connectivity index (χ1v) is 5.09. The first-order chi connectivity index (χ1) is 5.38. The highest BCUT2D eigenvalue weighted by atomic mass is 127. The van der Waals surface area contributed by atoms with Crippen molar-refractivity contribution in [3.8, 4) is 0 Å². The molecule has 1 heterocycles. The second-order valence-corrected chi connectivity index (χ2v) is 4.08. The van der Waals surface area contributed by atoms with E-state index in [1.54, 1.807) is 0 Å². The summed E-state index contributed by atoms with van der Waals surface area (Å²) in [6.07, 6.45) is 10.0. The van der Waals surface area contributed by atoms with Crippen LogP contribution in [0.4, 0.5) is 0 Å². The molecule has 2 rings (SSSR count). The molecule has 1 N–H and O–H groups in total. The molecule has 1 atom stereocenters. The smallest absolute Gasteiger partial charge is 0.0559 e. The number of fused-ring (bicyclic) bond motifs is 1. The molecule has 0 spiro atoms. The average molecular weight is 259 g/mol. The Bertz CT molecular complexity index is 250. The summed E-state index contributed by atoms with van der Waals surface area (Å²) in [6.45, 7) is 1.09. The molecule has 1 aliphatic heterocycles. The Morgan fingerprint density at radius 1 is 1.55 bits per heavy atom. The zero-order valence-electron chi connectivity index (χ0n) is 6.18. The Balaban J connectivity index is 2.35. The summed E-state index contributed by atoms with van der Waals surface area (Å²) in [6, 6.07) is 0. The fourth-order valence-electron chi connectivity index (χ4n) is 1.42. The van der Waals surface area contributed by atoms with Gasteiger partial charge in [-0.05, 0) is 18.1 Å². The summed E-state index contributed by atoms with van der Waals surface area (Å²) in [5.41, 5.74) is 2.78. The van der Waals surface area contributed by atoms with Crippen molar-refractivity contribution in [1.82, 2.24) is 5.32 Å². The van der Waals surface area contributed by atoms with Crippen LogP contribution in [0.2, 0.25) is 0 Å². The zero-order chi connectivity index (χ0) is 7.68. The SMILES string of the molecule is IC1C=CC=C2NCCC=C21. The van der Waals surface area contributed by atoms with Gasteiger partial charge in [0, 0.05) is 12.2 Å². The largest absolute Gasteiger partial charge is 0.384 e. The second kappa shape index (κ2) is 3.01. The maximum Gasteiger partial charge on any atom is 0.0559 e. The minimum atomic E-state index is 0.570. The number of allylic oxidation sites excluding steroid dienone is 4. The predicted molar refractivity (Wildman–Crippen MR) is 55.7 cm³/mol. The van der Waals surface area contributed by atoms with Gasteiger partial charge in [0.25, 0.3) is 0 Å².